The van der Waals surface area contributed by atoms with Crippen molar-refractivity contribution in [2.24, 2.45) is 0 Å². The summed E-state index contributed by atoms with van der Waals surface area (Å²) in [5.41, 5.74) is 0.642. The van der Waals surface area contributed by atoms with E-state index in [1.807, 2.05) is 0 Å². The van der Waals surface area contributed by atoms with Crippen LogP contribution < -0.4 is 15.5 Å². The van der Waals surface area contributed by atoms with Crippen molar-refractivity contribution >= 4 is 34.2 Å². The number of hydrogen-bond donors (Lipinski definition) is 2. The monoisotopic (exact) mass is 421 g/mol. The molecule has 0 aliphatic heterocycles. The number of halogens is 1. The second-order valence-corrected chi connectivity index (χ2v) is 6.85. The predicted octanol–water partition coefficient (Wildman–Crippen LogP) is 5.08. The molecule has 0 aliphatic rings. The molecule has 1 amide bonds. The van der Waals surface area contributed by atoms with Gasteiger partial charge in [-0.1, -0.05) is 35.9 Å². The first-order valence-electron chi connectivity index (χ1n) is 8.98. The smallest absolute Gasteiger partial charge is 0.257 e. The lowest BCUT2D eigenvalue weighted by atomic mass is 10.1. The van der Waals surface area contributed by atoms with Crippen molar-refractivity contribution in [3.63, 3.8) is 0 Å². The van der Waals surface area contributed by atoms with Crippen LogP contribution in [0.1, 0.15) is 10.4 Å². The van der Waals surface area contributed by atoms with E-state index in [0.29, 0.717) is 11.3 Å². The van der Waals surface area contributed by atoms with Gasteiger partial charge in [-0.05, 0) is 36.4 Å². The van der Waals surface area contributed by atoms with Crippen molar-refractivity contribution in [1.82, 2.24) is 0 Å². The van der Waals surface area contributed by atoms with E-state index in [2.05, 4.69) is 5.32 Å². The van der Waals surface area contributed by atoms with Gasteiger partial charge in [-0.3, -0.25) is 9.59 Å². The minimum Gasteiger partial charge on any atom is -0.507 e. The van der Waals surface area contributed by atoms with Gasteiger partial charge in [0.2, 0.25) is 0 Å². The maximum absolute atomic E-state index is 12.8. The topological polar surface area (TPSA) is 88.8 Å². The van der Waals surface area contributed by atoms with Crippen LogP contribution in [-0.2, 0) is 0 Å². The third-order valence-corrected chi connectivity index (χ3v) is 4.93. The lowest BCUT2D eigenvalue weighted by molar-refractivity contribution is 0.102. The molecule has 0 radical (unpaired) electrons. The second-order valence-electron chi connectivity index (χ2n) is 6.45. The minimum absolute atomic E-state index is 0.0365. The lowest BCUT2D eigenvalue weighted by Gasteiger charge is -2.12. The lowest BCUT2D eigenvalue weighted by Crippen LogP contribution is -2.13. The highest BCUT2D eigenvalue weighted by molar-refractivity contribution is 6.34. The zero-order valence-electron chi connectivity index (χ0n) is 15.8. The molecule has 1 heterocycles. The number of nitrogens with one attached hydrogen (secondary N) is 1. The number of anilines is 1. The van der Waals surface area contributed by atoms with E-state index in [1.54, 1.807) is 48.5 Å². The van der Waals surface area contributed by atoms with Gasteiger partial charge in [-0.15, -0.1) is 0 Å². The van der Waals surface area contributed by atoms with E-state index in [9.17, 15) is 14.7 Å². The average Bonchev–Trinajstić information content (AvgIpc) is 2.75. The van der Waals surface area contributed by atoms with Gasteiger partial charge in [0.15, 0.2) is 11.0 Å². The van der Waals surface area contributed by atoms with Crippen LogP contribution in [0.4, 0.5) is 5.69 Å². The van der Waals surface area contributed by atoms with Gasteiger partial charge in [0.05, 0.1) is 28.9 Å². The average molecular weight is 422 g/mol. The van der Waals surface area contributed by atoms with Crippen molar-refractivity contribution < 1.29 is 19.1 Å². The third-order valence-electron chi connectivity index (χ3n) is 4.60. The molecule has 150 valence electrons. The Morgan fingerprint density at radius 2 is 1.80 bits per heavy atom. The van der Waals surface area contributed by atoms with Crippen LogP contribution >= 0.6 is 11.6 Å². The number of benzene rings is 3. The molecule has 0 fully saturated rings. The Hall–Kier alpha value is -3.77. The number of methoxy groups -OCH3 is 1. The number of ether oxygens (including phenoxy) is 1. The summed E-state index contributed by atoms with van der Waals surface area (Å²) in [7, 11) is 1.51. The maximum Gasteiger partial charge on any atom is 0.257 e. The van der Waals surface area contributed by atoms with Gasteiger partial charge >= 0.3 is 0 Å². The van der Waals surface area contributed by atoms with Gasteiger partial charge in [0, 0.05) is 6.07 Å². The number of phenols is 1. The summed E-state index contributed by atoms with van der Waals surface area (Å²) >= 11 is 6.10. The number of carbonyl (C=O) groups is 1. The highest BCUT2D eigenvalue weighted by atomic mass is 35.5. The second kappa shape index (κ2) is 7.93. The van der Waals surface area contributed by atoms with Crippen molar-refractivity contribution in [2.75, 3.05) is 12.4 Å². The number of fused-ring (bicyclic) bond motifs is 1. The predicted molar refractivity (Wildman–Crippen MR) is 116 cm³/mol. The van der Waals surface area contributed by atoms with Gasteiger partial charge in [-0.25, -0.2) is 0 Å². The SMILES string of the molecule is COc1ccccc1-c1cc(=O)c2c(O)ccc(NC(=O)c3ccccc3Cl)c2o1. The number of hydrogen-bond acceptors (Lipinski definition) is 5. The normalized spacial score (nSPS) is 10.7. The first-order chi connectivity index (χ1) is 14.5. The van der Waals surface area contributed by atoms with E-state index >= 15 is 0 Å². The fourth-order valence-electron chi connectivity index (χ4n) is 3.16. The third kappa shape index (κ3) is 3.49. The van der Waals surface area contributed by atoms with Crippen molar-refractivity contribution in [3.05, 3.63) is 87.5 Å². The first-order valence-corrected chi connectivity index (χ1v) is 9.36. The molecule has 0 saturated carbocycles. The molecular formula is C23H16ClNO5. The van der Waals surface area contributed by atoms with E-state index in [4.69, 9.17) is 20.8 Å². The van der Waals surface area contributed by atoms with Crippen LogP contribution in [0.5, 0.6) is 11.5 Å². The molecule has 2 N–H and O–H groups in total. The molecule has 4 rings (SSSR count). The van der Waals surface area contributed by atoms with Crippen LogP contribution in [0.15, 0.2) is 75.9 Å². The van der Waals surface area contributed by atoms with Crippen LogP contribution in [0.3, 0.4) is 0 Å². The van der Waals surface area contributed by atoms with E-state index < -0.39 is 11.3 Å². The molecule has 0 bridgehead atoms. The minimum atomic E-state index is -0.474. The van der Waals surface area contributed by atoms with E-state index in [-0.39, 0.29) is 38.8 Å². The van der Waals surface area contributed by atoms with Crippen molar-refractivity contribution in [3.8, 4) is 22.8 Å². The van der Waals surface area contributed by atoms with Gasteiger partial charge in [0.25, 0.3) is 5.91 Å². The van der Waals surface area contributed by atoms with Crippen LogP contribution in [-0.4, -0.2) is 18.1 Å². The van der Waals surface area contributed by atoms with E-state index in [0.717, 1.165) is 0 Å². The summed E-state index contributed by atoms with van der Waals surface area (Å²) in [6.07, 6.45) is 0. The molecule has 6 nitrogen and oxygen atoms in total. The Kier molecular flexibility index (Phi) is 5.16. The summed E-state index contributed by atoms with van der Waals surface area (Å²) in [4.78, 5) is 25.5. The molecule has 0 aliphatic carbocycles. The highest BCUT2D eigenvalue weighted by Gasteiger charge is 2.18. The summed E-state index contributed by atoms with van der Waals surface area (Å²) < 4.78 is 11.3. The number of amides is 1. The summed E-state index contributed by atoms with van der Waals surface area (Å²) in [6.45, 7) is 0. The Balaban J connectivity index is 1.88. The number of carbonyl (C=O) groups excluding carboxylic acids is 1. The molecule has 0 atom stereocenters. The molecule has 3 aromatic carbocycles. The Bertz CT molecular complexity index is 1330. The number of para-hydroxylation sites is 1. The Morgan fingerprint density at radius 1 is 1.07 bits per heavy atom. The number of phenolic OH excluding ortho intramolecular Hbond substituents is 1. The molecule has 30 heavy (non-hydrogen) atoms. The zero-order valence-corrected chi connectivity index (χ0v) is 16.6. The standard InChI is InChI=1S/C23H16ClNO5/c1-29-19-9-5-3-7-14(19)20-12-18(27)21-17(26)11-10-16(22(21)30-20)25-23(28)13-6-2-4-8-15(13)24/h2-12,26H,1H3,(H,25,28). The molecule has 4 aromatic rings. The highest BCUT2D eigenvalue weighted by Crippen LogP contribution is 2.35. The molecule has 0 saturated heterocycles. The first kappa shape index (κ1) is 19.5. The molecular weight excluding hydrogens is 406 g/mol. The summed E-state index contributed by atoms with van der Waals surface area (Å²) in [5, 5.41) is 13.2. The molecule has 0 unspecified atom stereocenters. The zero-order chi connectivity index (χ0) is 21.3. The number of aromatic hydroxyl groups is 1. The number of rotatable bonds is 4. The van der Waals surface area contributed by atoms with Crippen LogP contribution in [0.2, 0.25) is 5.02 Å². The van der Waals surface area contributed by atoms with Crippen molar-refractivity contribution in [1.29, 1.82) is 0 Å². The summed E-state index contributed by atoms with van der Waals surface area (Å²) in [5.74, 6) is 0.0320. The van der Waals surface area contributed by atoms with Gasteiger partial charge in [-0.2, -0.15) is 0 Å². The fourth-order valence-corrected chi connectivity index (χ4v) is 3.38. The van der Waals surface area contributed by atoms with Gasteiger partial charge < -0.3 is 19.6 Å². The van der Waals surface area contributed by atoms with Crippen LogP contribution in [0.25, 0.3) is 22.3 Å². The maximum atomic E-state index is 12.8. The molecule has 7 heteroatoms. The molecule has 0 spiro atoms. The Morgan fingerprint density at radius 3 is 2.57 bits per heavy atom. The van der Waals surface area contributed by atoms with Crippen LogP contribution in [0, 0.1) is 0 Å². The quantitative estimate of drug-likeness (QED) is 0.448. The fraction of sp³-hybridized carbons (Fsp3) is 0.0435. The Labute approximate surface area is 176 Å². The molecule has 1 aromatic heterocycles. The van der Waals surface area contributed by atoms with Crippen molar-refractivity contribution in [2.45, 2.75) is 0 Å². The largest absolute Gasteiger partial charge is 0.507 e. The summed E-state index contributed by atoms with van der Waals surface area (Å²) in [6, 6.07) is 17.7. The van der Waals surface area contributed by atoms with E-state index in [1.165, 1.54) is 25.3 Å². The van der Waals surface area contributed by atoms with Gasteiger partial charge in [0.1, 0.15) is 22.6 Å².